The quantitative estimate of drug-likeness (QED) is 0.562. The first-order valence-corrected chi connectivity index (χ1v) is 4.17. The van der Waals surface area contributed by atoms with Crippen molar-refractivity contribution < 1.29 is 0 Å². The zero-order chi connectivity index (χ0) is 5.84. The van der Waals surface area contributed by atoms with E-state index >= 15 is 0 Å². The van der Waals surface area contributed by atoms with Crippen molar-refractivity contribution in [1.82, 2.24) is 5.32 Å². The van der Waals surface area contributed by atoms with Gasteiger partial charge in [0.15, 0.2) is 0 Å². The summed E-state index contributed by atoms with van der Waals surface area (Å²) in [5.41, 5.74) is 0. The summed E-state index contributed by atoms with van der Waals surface area (Å²) in [5, 5.41) is 3.49. The molecule has 2 heteroatoms. The van der Waals surface area contributed by atoms with E-state index in [1.807, 2.05) is 0 Å². The Morgan fingerprint density at radius 1 is 0.800 bits per heavy atom. The number of rotatable bonds is 0. The Morgan fingerprint density at radius 3 is 1.70 bits per heavy atom. The number of hydrogen-bond acceptors (Lipinski definition) is 1. The summed E-state index contributed by atoms with van der Waals surface area (Å²) in [7, 11) is 0. The van der Waals surface area contributed by atoms with E-state index in [0.29, 0.717) is 0 Å². The lowest BCUT2D eigenvalue weighted by molar-refractivity contribution is -0.0699. The van der Waals surface area contributed by atoms with Crippen LogP contribution in [0.4, 0.5) is 0 Å². The normalized spacial score (nSPS) is 55.2. The highest BCUT2D eigenvalue weighted by Crippen LogP contribution is 2.59. The van der Waals surface area contributed by atoms with E-state index in [0.717, 1.165) is 11.8 Å². The molecule has 2 saturated carbocycles. The van der Waals surface area contributed by atoms with E-state index in [1.165, 1.54) is 24.9 Å². The van der Waals surface area contributed by atoms with E-state index < -0.39 is 0 Å². The molecule has 1 heterocycles. The standard InChI is InChI=1S/C8H13N.ClH/c1-2-6-5(1)7-3-9-4-8(6)7;/h5-9H,1-4H2;1H. The van der Waals surface area contributed by atoms with Crippen molar-refractivity contribution in [3.63, 3.8) is 0 Å². The SMILES string of the molecule is C1CC2C1C1CNCC21.Cl. The summed E-state index contributed by atoms with van der Waals surface area (Å²) >= 11 is 0. The molecule has 3 rings (SSSR count). The van der Waals surface area contributed by atoms with Crippen molar-refractivity contribution in [2.45, 2.75) is 12.8 Å². The molecule has 1 nitrogen and oxygen atoms in total. The van der Waals surface area contributed by atoms with Gasteiger partial charge >= 0.3 is 0 Å². The van der Waals surface area contributed by atoms with Gasteiger partial charge in [0.2, 0.25) is 0 Å². The molecule has 2 aliphatic carbocycles. The van der Waals surface area contributed by atoms with Crippen LogP contribution in [0.2, 0.25) is 0 Å². The maximum absolute atomic E-state index is 3.49. The smallest absolute Gasteiger partial charge is 0.00144 e. The third kappa shape index (κ3) is 0.584. The fourth-order valence-corrected chi connectivity index (χ4v) is 3.13. The molecule has 0 spiro atoms. The summed E-state index contributed by atoms with van der Waals surface area (Å²) in [6.45, 7) is 2.68. The molecule has 1 saturated heterocycles. The first-order chi connectivity index (χ1) is 4.47. The third-order valence-electron chi connectivity index (χ3n) is 3.79. The Labute approximate surface area is 68.0 Å². The van der Waals surface area contributed by atoms with Crippen molar-refractivity contribution in [2.24, 2.45) is 23.7 Å². The minimum atomic E-state index is 0. The molecule has 0 aromatic heterocycles. The molecule has 0 aromatic carbocycles. The Kier molecular flexibility index (Phi) is 1.47. The molecule has 4 atom stereocenters. The molecular weight excluding hydrogens is 146 g/mol. The fraction of sp³-hybridized carbons (Fsp3) is 1.00. The van der Waals surface area contributed by atoms with E-state index in [-0.39, 0.29) is 12.4 Å². The van der Waals surface area contributed by atoms with Crippen molar-refractivity contribution in [3.05, 3.63) is 0 Å². The molecule has 3 aliphatic rings. The predicted octanol–water partition coefficient (Wildman–Crippen LogP) is 1.28. The lowest BCUT2D eigenvalue weighted by atomic mass is 9.48. The van der Waals surface area contributed by atoms with Gasteiger partial charge < -0.3 is 5.32 Å². The Balaban J connectivity index is 0.000000403. The van der Waals surface area contributed by atoms with Crippen LogP contribution in [0, 0.1) is 23.7 Å². The zero-order valence-corrected chi connectivity index (χ0v) is 6.86. The van der Waals surface area contributed by atoms with Gasteiger partial charge in [-0.3, -0.25) is 0 Å². The van der Waals surface area contributed by atoms with Gasteiger partial charge in [0, 0.05) is 0 Å². The van der Waals surface area contributed by atoms with Gasteiger partial charge in [-0.25, -0.2) is 0 Å². The van der Waals surface area contributed by atoms with Crippen LogP contribution in [0.15, 0.2) is 0 Å². The molecule has 0 aromatic rings. The van der Waals surface area contributed by atoms with E-state index in [4.69, 9.17) is 0 Å². The van der Waals surface area contributed by atoms with Gasteiger partial charge in [0.05, 0.1) is 0 Å². The molecule has 10 heavy (non-hydrogen) atoms. The van der Waals surface area contributed by atoms with Gasteiger partial charge in [-0.1, -0.05) is 0 Å². The molecule has 4 unspecified atom stereocenters. The van der Waals surface area contributed by atoms with E-state index in [1.54, 1.807) is 12.8 Å². The van der Waals surface area contributed by atoms with Crippen molar-refractivity contribution in [1.29, 1.82) is 0 Å². The minimum absolute atomic E-state index is 0. The summed E-state index contributed by atoms with van der Waals surface area (Å²) < 4.78 is 0. The topological polar surface area (TPSA) is 12.0 Å². The average molecular weight is 160 g/mol. The molecular formula is C8H14ClN. The summed E-state index contributed by atoms with van der Waals surface area (Å²) in [6, 6.07) is 0. The van der Waals surface area contributed by atoms with E-state index in [9.17, 15) is 0 Å². The summed E-state index contributed by atoms with van der Waals surface area (Å²) in [5.74, 6) is 4.57. The van der Waals surface area contributed by atoms with Gasteiger partial charge in [0.25, 0.3) is 0 Å². The largest absolute Gasteiger partial charge is 0.316 e. The highest BCUT2D eigenvalue weighted by molar-refractivity contribution is 5.85. The zero-order valence-electron chi connectivity index (χ0n) is 6.05. The third-order valence-corrected chi connectivity index (χ3v) is 3.79. The summed E-state index contributed by atoms with van der Waals surface area (Å²) in [6.07, 6.45) is 3.10. The van der Waals surface area contributed by atoms with Crippen LogP contribution in [0.3, 0.4) is 0 Å². The second-order valence-electron chi connectivity index (χ2n) is 3.89. The number of halogens is 1. The van der Waals surface area contributed by atoms with E-state index in [2.05, 4.69) is 5.32 Å². The summed E-state index contributed by atoms with van der Waals surface area (Å²) in [4.78, 5) is 0. The second kappa shape index (κ2) is 2.12. The highest BCUT2D eigenvalue weighted by Gasteiger charge is 2.56. The van der Waals surface area contributed by atoms with Gasteiger partial charge in [-0.05, 0) is 49.6 Å². The molecule has 1 aliphatic heterocycles. The van der Waals surface area contributed by atoms with Crippen LogP contribution in [0.25, 0.3) is 0 Å². The molecule has 58 valence electrons. The maximum atomic E-state index is 3.49. The van der Waals surface area contributed by atoms with Crippen LogP contribution >= 0.6 is 12.4 Å². The van der Waals surface area contributed by atoms with Gasteiger partial charge in [-0.2, -0.15) is 0 Å². The van der Waals surface area contributed by atoms with Gasteiger partial charge in [-0.15, -0.1) is 12.4 Å². The van der Waals surface area contributed by atoms with Crippen molar-refractivity contribution in [2.75, 3.05) is 13.1 Å². The van der Waals surface area contributed by atoms with Crippen LogP contribution in [-0.4, -0.2) is 13.1 Å². The number of nitrogens with one attached hydrogen (secondary N) is 1. The number of fused-ring (bicyclic) bond motifs is 4. The molecule has 0 bridgehead atoms. The second-order valence-corrected chi connectivity index (χ2v) is 3.89. The Morgan fingerprint density at radius 2 is 1.30 bits per heavy atom. The van der Waals surface area contributed by atoms with Crippen LogP contribution in [0.1, 0.15) is 12.8 Å². The minimum Gasteiger partial charge on any atom is -0.316 e. The Bertz CT molecular complexity index is 132. The first-order valence-electron chi connectivity index (χ1n) is 4.17. The van der Waals surface area contributed by atoms with Crippen molar-refractivity contribution in [3.8, 4) is 0 Å². The van der Waals surface area contributed by atoms with Crippen LogP contribution in [-0.2, 0) is 0 Å². The highest BCUT2D eigenvalue weighted by atomic mass is 35.5. The first kappa shape index (κ1) is 6.93. The average Bonchev–Trinajstić information content (AvgIpc) is 2.13. The van der Waals surface area contributed by atoms with Crippen LogP contribution < -0.4 is 5.32 Å². The number of hydrogen-bond donors (Lipinski definition) is 1. The molecule has 1 N–H and O–H groups in total. The predicted molar refractivity (Wildman–Crippen MR) is 43.3 cm³/mol. The van der Waals surface area contributed by atoms with Gasteiger partial charge in [0.1, 0.15) is 0 Å². The molecule has 0 amide bonds. The fourth-order valence-electron chi connectivity index (χ4n) is 3.13. The lowest BCUT2D eigenvalue weighted by Crippen LogP contribution is -2.52. The monoisotopic (exact) mass is 159 g/mol. The maximum Gasteiger partial charge on any atom is -0.00144 e. The molecule has 0 radical (unpaired) electrons. The van der Waals surface area contributed by atoms with Crippen molar-refractivity contribution >= 4 is 12.4 Å². The molecule has 3 fully saturated rings. The lowest BCUT2D eigenvalue weighted by Gasteiger charge is -2.56. The van der Waals surface area contributed by atoms with Crippen LogP contribution in [0.5, 0.6) is 0 Å². The Hall–Kier alpha value is 0.250.